The van der Waals surface area contributed by atoms with Gasteiger partial charge in [-0.25, -0.2) is 0 Å². The molecule has 2 aromatic rings. The minimum atomic E-state index is 0.0482. The van der Waals surface area contributed by atoms with Gasteiger partial charge in [-0.3, -0.25) is 0 Å². The fraction of sp³-hybridized carbons (Fsp3) is 0.188. The fourth-order valence-electron chi connectivity index (χ4n) is 2.01. The molecule has 2 rings (SSSR count). The predicted molar refractivity (Wildman–Crippen MR) is 87.1 cm³/mol. The normalized spacial score (nSPS) is 11.4. The van der Waals surface area contributed by atoms with Crippen molar-refractivity contribution in [2.24, 2.45) is 10.9 Å². The molecule has 0 heterocycles. The van der Waals surface area contributed by atoms with Crippen molar-refractivity contribution in [1.82, 2.24) is 0 Å². The van der Waals surface area contributed by atoms with Gasteiger partial charge in [0.1, 0.15) is 0 Å². The molecule has 0 spiro atoms. The van der Waals surface area contributed by atoms with Crippen molar-refractivity contribution in [3.8, 4) is 0 Å². The highest BCUT2D eigenvalue weighted by Crippen LogP contribution is 2.20. The van der Waals surface area contributed by atoms with Crippen molar-refractivity contribution in [2.45, 2.75) is 19.9 Å². The lowest BCUT2D eigenvalue weighted by atomic mass is 10.1. The molecule has 4 N–H and O–H groups in total. The van der Waals surface area contributed by atoms with E-state index < -0.39 is 0 Å². The van der Waals surface area contributed by atoms with Gasteiger partial charge in [0.05, 0.1) is 0 Å². The van der Waals surface area contributed by atoms with Gasteiger partial charge in [0.2, 0.25) is 0 Å². The van der Waals surface area contributed by atoms with E-state index in [1.54, 1.807) is 12.1 Å². The zero-order chi connectivity index (χ0) is 15.2. The van der Waals surface area contributed by atoms with Crippen molar-refractivity contribution in [1.29, 1.82) is 0 Å². The van der Waals surface area contributed by atoms with Crippen molar-refractivity contribution in [3.63, 3.8) is 0 Å². The molecule has 0 aromatic heterocycles. The van der Waals surface area contributed by atoms with Crippen molar-refractivity contribution < 1.29 is 5.21 Å². The molecule has 0 fully saturated rings. The Morgan fingerprint density at radius 1 is 1.29 bits per heavy atom. The van der Waals surface area contributed by atoms with Gasteiger partial charge in [-0.15, -0.1) is 0 Å². The van der Waals surface area contributed by atoms with Gasteiger partial charge >= 0.3 is 0 Å². The Morgan fingerprint density at radius 3 is 2.76 bits per heavy atom. The minimum absolute atomic E-state index is 0.0482. The SMILES string of the molecule is CCc1cccc(NCc2ccc(/C(N)=N/O)cc2Cl)c1. The first-order valence-electron chi connectivity index (χ1n) is 6.73. The highest BCUT2D eigenvalue weighted by Gasteiger charge is 2.05. The number of nitrogens with two attached hydrogens (primary N) is 1. The van der Waals surface area contributed by atoms with E-state index in [4.69, 9.17) is 22.5 Å². The van der Waals surface area contributed by atoms with E-state index in [1.807, 2.05) is 18.2 Å². The van der Waals surface area contributed by atoms with Gasteiger partial charge < -0.3 is 16.3 Å². The fourth-order valence-corrected chi connectivity index (χ4v) is 2.25. The predicted octanol–water partition coefficient (Wildman–Crippen LogP) is 3.61. The van der Waals surface area contributed by atoms with E-state index in [9.17, 15) is 0 Å². The summed E-state index contributed by atoms with van der Waals surface area (Å²) in [5, 5.41) is 15.5. The molecule has 110 valence electrons. The molecule has 0 atom stereocenters. The number of halogens is 1. The Hall–Kier alpha value is -2.20. The summed E-state index contributed by atoms with van der Waals surface area (Å²) in [5.74, 6) is 0.0482. The van der Waals surface area contributed by atoms with Crippen LogP contribution in [0, 0.1) is 0 Å². The first-order chi connectivity index (χ1) is 10.1. The summed E-state index contributed by atoms with van der Waals surface area (Å²) in [7, 11) is 0. The lowest BCUT2D eigenvalue weighted by molar-refractivity contribution is 0.318. The van der Waals surface area contributed by atoms with Crippen LogP contribution in [0.3, 0.4) is 0 Å². The second-order valence-electron chi connectivity index (χ2n) is 4.70. The number of oxime groups is 1. The van der Waals surface area contributed by atoms with Crippen molar-refractivity contribution in [2.75, 3.05) is 5.32 Å². The maximum Gasteiger partial charge on any atom is 0.170 e. The van der Waals surface area contributed by atoms with Crippen LogP contribution in [0.5, 0.6) is 0 Å². The van der Waals surface area contributed by atoms with Gasteiger partial charge in [-0.05, 0) is 35.7 Å². The number of aryl methyl sites for hydroxylation is 1. The molecule has 0 radical (unpaired) electrons. The topological polar surface area (TPSA) is 70.6 Å². The van der Waals surface area contributed by atoms with Gasteiger partial charge in [-0.1, -0.05) is 47.9 Å². The smallest absolute Gasteiger partial charge is 0.170 e. The number of hydrogen-bond acceptors (Lipinski definition) is 3. The van der Waals surface area contributed by atoms with Crippen LogP contribution in [0.25, 0.3) is 0 Å². The summed E-state index contributed by atoms with van der Waals surface area (Å²) in [4.78, 5) is 0. The number of nitrogens with one attached hydrogen (secondary N) is 1. The maximum absolute atomic E-state index is 8.66. The number of rotatable bonds is 5. The second kappa shape index (κ2) is 6.99. The molecule has 0 aliphatic rings. The number of anilines is 1. The second-order valence-corrected chi connectivity index (χ2v) is 5.11. The van der Waals surface area contributed by atoms with Crippen LogP contribution in [0.4, 0.5) is 5.69 Å². The number of hydrogen-bond donors (Lipinski definition) is 3. The molecule has 0 aliphatic carbocycles. The molecule has 0 aliphatic heterocycles. The third-order valence-electron chi connectivity index (χ3n) is 3.27. The van der Waals surface area contributed by atoms with Gasteiger partial charge in [0, 0.05) is 22.8 Å². The van der Waals surface area contributed by atoms with Crippen molar-refractivity contribution in [3.05, 3.63) is 64.2 Å². The maximum atomic E-state index is 8.66. The molecule has 2 aromatic carbocycles. The molecule has 0 saturated heterocycles. The molecule has 0 amide bonds. The summed E-state index contributed by atoms with van der Waals surface area (Å²) in [6.45, 7) is 2.74. The third kappa shape index (κ3) is 3.89. The van der Waals surface area contributed by atoms with E-state index in [2.05, 4.69) is 29.5 Å². The molecule has 0 saturated carbocycles. The summed E-state index contributed by atoms with van der Waals surface area (Å²) < 4.78 is 0. The van der Waals surface area contributed by atoms with Crippen LogP contribution in [0.2, 0.25) is 5.02 Å². The summed E-state index contributed by atoms with van der Waals surface area (Å²) >= 11 is 6.22. The van der Waals surface area contributed by atoms with E-state index in [0.717, 1.165) is 17.7 Å². The Kier molecular flexibility index (Phi) is 5.06. The lowest BCUT2D eigenvalue weighted by Gasteiger charge is -2.10. The molecule has 21 heavy (non-hydrogen) atoms. The van der Waals surface area contributed by atoms with Gasteiger partial charge in [0.15, 0.2) is 5.84 Å². The average Bonchev–Trinajstić information content (AvgIpc) is 2.53. The lowest BCUT2D eigenvalue weighted by Crippen LogP contribution is -2.13. The molecule has 0 bridgehead atoms. The zero-order valence-corrected chi connectivity index (χ0v) is 12.6. The van der Waals surface area contributed by atoms with Crippen LogP contribution in [0.1, 0.15) is 23.6 Å². The summed E-state index contributed by atoms with van der Waals surface area (Å²) in [5.41, 5.74) is 9.43. The first kappa shape index (κ1) is 15.2. The number of amidine groups is 1. The van der Waals surface area contributed by atoms with Crippen LogP contribution < -0.4 is 11.1 Å². The van der Waals surface area contributed by atoms with E-state index >= 15 is 0 Å². The standard InChI is InChI=1S/C16H18ClN3O/c1-2-11-4-3-5-14(8-11)19-10-13-7-6-12(9-15(13)17)16(18)20-21/h3-9,19,21H,2,10H2,1H3,(H2,18,20). The highest BCUT2D eigenvalue weighted by molar-refractivity contribution is 6.31. The Balaban J connectivity index is 2.09. The summed E-state index contributed by atoms with van der Waals surface area (Å²) in [6.07, 6.45) is 1.00. The van der Waals surface area contributed by atoms with Crippen LogP contribution in [-0.4, -0.2) is 11.0 Å². The molecular formula is C16H18ClN3O. The van der Waals surface area contributed by atoms with E-state index in [-0.39, 0.29) is 5.84 Å². The molecule has 5 heteroatoms. The Morgan fingerprint density at radius 2 is 2.10 bits per heavy atom. The van der Waals surface area contributed by atoms with Gasteiger partial charge in [-0.2, -0.15) is 0 Å². The number of nitrogens with zero attached hydrogens (tertiary/aromatic N) is 1. The van der Waals surface area contributed by atoms with Crippen LogP contribution >= 0.6 is 11.6 Å². The van der Waals surface area contributed by atoms with Crippen molar-refractivity contribution >= 4 is 23.1 Å². The zero-order valence-electron chi connectivity index (χ0n) is 11.8. The molecule has 0 unspecified atom stereocenters. The Bertz CT molecular complexity index is 656. The number of benzene rings is 2. The van der Waals surface area contributed by atoms with E-state index in [1.165, 1.54) is 5.56 Å². The quantitative estimate of drug-likeness (QED) is 0.342. The molecular weight excluding hydrogens is 286 g/mol. The Labute approximate surface area is 129 Å². The molecule has 4 nitrogen and oxygen atoms in total. The average molecular weight is 304 g/mol. The van der Waals surface area contributed by atoms with Crippen LogP contribution in [-0.2, 0) is 13.0 Å². The van der Waals surface area contributed by atoms with E-state index in [0.29, 0.717) is 17.1 Å². The third-order valence-corrected chi connectivity index (χ3v) is 3.63. The van der Waals surface area contributed by atoms with Gasteiger partial charge in [0.25, 0.3) is 0 Å². The monoisotopic (exact) mass is 303 g/mol. The highest BCUT2D eigenvalue weighted by atomic mass is 35.5. The van der Waals surface area contributed by atoms with Crippen LogP contribution in [0.15, 0.2) is 47.6 Å². The summed E-state index contributed by atoms with van der Waals surface area (Å²) in [6, 6.07) is 13.6. The first-order valence-corrected chi connectivity index (χ1v) is 7.11. The minimum Gasteiger partial charge on any atom is -0.409 e. The largest absolute Gasteiger partial charge is 0.409 e.